The van der Waals surface area contributed by atoms with E-state index in [0.29, 0.717) is 35.8 Å². The fraction of sp³-hybridized carbons (Fsp3) is 0.640. The summed E-state index contributed by atoms with van der Waals surface area (Å²) in [5.74, 6) is 12.3. The molecule has 0 saturated heterocycles. The first kappa shape index (κ1) is 97.8. The van der Waals surface area contributed by atoms with Crippen molar-refractivity contribution in [2.24, 2.45) is 41.4 Å². The molecular weight excluding hydrogens is 1390 g/mol. The van der Waals surface area contributed by atoms with Gasteiger partial charge in [-0.1, -0.05) is 273 Å². The van der Waals surface area contributed by atoms with Crippen molar-refractivity contribution in [3.63, 3.8) is 0 Å². The molecule has 0 aliphatic heterocycles. The third kappa shape index (κ3) is 44.9. The van der Waals surface area contributed by atoms with E-state index in [1.165, 1.54) is 147 Å². The third-order valence-corrected chi connectivity index (χ3v) is 21.8. The van der Waals surface area contributed by atoms with Crippen molar-refractivity contribution in [1.82, 2.24) is 0 Å². The van der Waals surface area contributed by atoms with Gasteiger partial charge in [0.2, 0.25) is 0 Å². The summed E-state index contributed by atoms with van der Waals surface area (Å²) in [4.78, 5) is 0. The number of benzene rings is 6. The van der Waals surface area contributed by atoms with Crippen LogP contribution in [0.4, 0.5) is 0 Å². The van der Waals surface area contributed by atoms with Crippen molar-refractivity contribution < 1.29 is 58.0 Å². The molecule has 3 aliphatic rings. The number of unbranched alkanes of at least 4 members (excludes halogenated alkanes) is 1. The average Bonchev–Trinajstić information content (AvgIpc) is 0.869. The highest BCUT2D eigenvalue weighted by atomic mass is 16.6. The van der Waals surface area contributed by atoms with E-state index in [2.05, 4.69) is 107 Å². The summed E-state index contributed by atoms with van der Waals surface area (Å²) in [6.45, 7) is 34.1. The zero-order valence-corrected chi connectivity index (χ0v) is 72.6. The minimum atomic E-state index is -0.751. The number of aliphatic hydroxyl groups is 3. The lowest BCUT2D eigenvalue weighted by molar-refractivity contribution is -0.0192. The summed E-state index contributed by atoms with van der Waals surface area (Å²) >= 11 is 0. The van der Waals surface area contributed by atoms with E-state index in [-0.39, 0.29) is 12.0 Å². The number of ether oxygens (including phenoxy) is 9. The fourth-order valence-corrected chi connectivity index (χ4v) is 13.7. The molecule has 4 atom stereocenters. The molecule has 3 fully saturated rings. The SMILES string of the molecule is CCC(CC)COc1cccc(O[C@@H](O)CC)c1.CCCC(O)c1cccc(OCC(CC)CC)c1.CCCCc1cccc(OCC2CCCCCCC2)c1.CCCOc1cccc(OCC2CCCCCCC2)c1.CCCOc1cccc(OCCC(C)C)c1.CC[C@@H](C)[C@H](O)c1cccc(OCC2CCCCC2)c1. The molecule has 0 bridgehead atoms. The molecule has 12 nitrogen and oxygen atoms in total. The maximum absolute atomic E-state index is 10.3. The second-order valence-electron chi connectivity index (χ2n) is 32.0. The fourth-order valence-electron chi connectivity index (χ4n) is 13.7. The summed E-state index contributed by atoms with van der Waals surface area (Å²) in [6.07, 6.45) is 39.3. The van der Waals surface area contributed by atoms with Crippen LogP contribution in [-0.2, 0) is 6.42 Å². The van der Waals surface area contributed by atoms with E-state index in [0.717, 1.165) is 186 Å². The van der Waals surface area contributed by atoms with Gasteiger partial charge in [-0.25, -0.2) is 0 Å². The Morgan fingerprint density at radius 1 is 0.330 bits per heavy atom. The molecular formula is C100H158O12. The van der Waals surface area contributed by atoms with E-state index in [9.17, 15) is 15.3 Å². The molecule has 9 rings (SSSR count). The first-order valence-electron chi connectivity index (χ1n) is 44.9. The largest absolute Gasteiger partial charge is 0.493 e. The van der Waals surface area contributed by atoms with Gasteiger partial charge in [0.05, 0.1) is 65.1 Å². The van der Waals surface area contributed by atoms with Crippen molar-refractivity contribution in [3.05, 3.63) is 162 Å². The Bertz CT molecular complexity index is 3100. The van der Waals surface area contributed by atoms with E-state index in [4.69, 9.17) is 42.6 Å². The molecule has 12 heteroatoms. The van der Waals surface area contributed by atoms with E-state index >= 15 is 0 Å². The van der Waals surface area contributed by atoms with Gasteiger partial charge in [-0.2, -0.15) is 0 Å². The second-order valence-corrected chi connectivity index (χ2v) is 32.0. The minimum Gasteiger partial charge on any atom is -0.493 e. The predicted octanol–water partition coefficient (Wildman–Crippen LogP) is 27.6. The number of hydrogen-bond donors (Lipinski definition) is 3. The van der Waals surface area contributed by atoms with Crippen LogP contribution >= 0.6 is 0 Å². The monoisotopic (exact) mass is 1550 g/mol. The first-order valence-corrected chi connectivity index (χ1v) is 44.9. The smallest absolute Gasteiger partial charge is 0.197 e. The molecule has 3 aliphatic carbocycles. The van der Waals surface area contributed by atoms with E-state index in [1.54, 1.807) is 0 Å². The average molecular weight is 1550 g/mol. The Labute approximate surface area is 682 Å². The maximum atomic E-state index is 10.3. The van der Waals surface area contributed by atoms with Gasteiger partial charge in [-0.3, -0.25) is 0 Å². The van der Waals surface area contributed by atoms with Crippen molar-refractivity contribution in [2.45, 2.75) is 320 Å². The van der Waals surface area contributed by atoms with Crippen molar-refractivity contribution in [1.29, 1.82) is 0 Å². The van der Waals surface area contributed by atoms with Crippen LogP contribution in [0.25, 0.3) is 0 Å². The van der Waals surface area contributed by atoms with E-state index in [1.807, 2.05) is 128 Å². The summed E-state index contributed by atoms with van der Waals surface area (Å²) in [5, 5.41) is 29.7. The summed E-state index contributed by atoms with van der Waals surface area (Å²) in [6, 6.07) is 47.9. The van der Waals surface area contributed by atoms with Crippen molar-refractivity contribution in [2.75, 3.05) is 52.9 Å². The molecule has 6 aromatic carbocycles. The highest BCUT2D eigenvalue weighted by molar-refractivity contribution is 5.36. The van der Waals surface area contributed by atoms with Gasteiger partial charge in [0.1, 0.15) is 51.7 Å². The molecule has 0 heterocycles. The molecule has 1 unspecified atom stereocenters. The quantitative estimate of drug-likeness (QED) is 0.0314. The third-order valence-electron chi connectivity index (χ3n) is 21.8. The summed E-state index contributed by atoms with van der Waals surface area (Å²) in [5.41, 5.74) is 3.35. The highest BCUT2D eigenvalue weighted by Gasteiger charge is 2.19. The van der Waals surface area contributed by atoms with Crippen LogP contribution in [0, 0.1) is 41.4 Å². The number of rotatable bonds is 41. The molecule has 0 radical (unpaired) electrons. The number of aliphatic hydroxyl groups excluding tert-OH is 3. The Morgan fingerprint density at radius 3 is 1.11 bits per heavy atom. The molecule has 0 amide bonds. The second kappa shape index (κ2) is 62.7. The van der Waals surface area contributed by atoms with E-state index < -0.39 is 12.4 Å². The van der Waals surface area contributed by atoms with Gasteiger partial charge in [-0.05, 0) is 208 Å². The standard InChI is InChI=1S/C19H30O.2C18H28O2.C16H26O2.C15H24O3.C14H22O2/c1-2-3-10-17-13-9-14-19(15-17)20-16-18-11-7-5-4-6-8-12-18;1-3-14(2)18(19)16-10-7-11-17(12-16)20-13-15-8-5-4-6-9-15;1-2-13-19-17-11-8-12-18(14-17)20-15-16-9-6-4-3-5-7-10-16;1-4-8-16(17)14-9-7-10-15(11-14)18-12-13(5-2)6-3;1-4-12(5-2)11-17-13-8-7-9-14(10-13)18-15(16)6-3;1-4-9-15-13-6-5-7-14(11-13)16-10-8-12(2)3/h9,13-15,18H,2-8,10-12,16H2,1H3;7,10-12,14-15,18-19H,3-6,8-9,13H2,1-2H3;8,11-12,14,16H,2-7,9-10,13,15H2,1H3;7,9-11,13,16-17H,4-6,8,12H2,1-3H3;7-10,12,15-16H,4-6,11H2,1-3H3;5-7,11-12H,4,8-10H2,1-3H3/t;14-,18+;;;15-;/m.1..1./s1. The lowest BCUT2D eigenvalue weighted by atomic mass is 9.90. The van der Waals surface area contributed by atoms with Gasteiger partial charge in [0.25, 0.3) is 0 Å². The van der Waals surface area contributed by atoms with Crippen LogP contribution in [0.3, 0.4) is 0 Å². The van der Waals surface area contributed by atoms with Gasteiger partial charge < -0.3 is 58.0 Å². The van der Waals surface area contributed by atoms with Gasteiger partial charge in [-0.15, -0.1) is 0 Å². The minimum absolute atomic E-state index is 0.281. The van der Waals surface area contributed by atoms with Crippen LogP contribution in [0.15, 0.2) is 146 Å². The van der Waals surface area contributed by atoms with Gasteiger partial charge in [0, 0.05) is 24.6 Å². The van der Waals surface area contributed by atoms with Crippen molar-refractivity contribution in [3.8, 4) is 51.7 Å². The number of aryl methyl sites for hydroxylation is 1. The highest BCUT2D eigenvalue weighted by Crippen LogP contribution is 2.32. The molecule has 6 aromatic rings. The van der Waals surface area contributed by atoms with Crippen LogP contribution < -0.4 is 42.6 Å². The Hall–Kier alpha value is -6.60. The Morgan fingerprint density at radius 2 is 0.688 bits per heavy atom. The van der Waals surface area contributed by atoms with Crippen LogP contribution in [-0.4, -0.2) is 74.5 Å². The molecule has 630 valence electrons. The van der Waals surface area contributed by atoms with Crippen LogP contribution in [0.2, 0.25) is 0 Å². The zero-order valence-electron chi connectivity index (χ0n) is 72.6. The normalized spacial score (nSPS) is 15.2. The van der Waals surface area contributed by atoms with Crippen LogP contribution in [0.1, 0.15) is 324 Å². The molecule has 112 heavy (non-hydrogen) atoms. The predicted molar refractivity (Wildman–Crippen MR) is 469 cm³/mol. The Kier molecular flexibility index (Phi) is 54.8. The number of hydrogen-bond acceptors (Lipinski definition) is 12. The molecule has 3 N–H and O–H groups in total. The lowest BCUT2D eigenvalue weighted by Crippen LogP contribution is -2.15. The summed E-state index contributed by atoms with van der Waals surface area (Å²) in [7, 11) is 0. The molecule has 3 saturated carbocycles. The molecule has 0 spiro atoms. The Balaban J connectivity index is 0.000000284. The topological polar surface area (TPSA) is 144 Å². The maximum Gasteiger partial charge on any atom is 0.197 e. The van der Waals surface area contributed by atoms with Gasteiger partial charge >= 0.3 is 0 Å². The molecule has 0 aromatic heterocycles. The first-order chi connectivity index (χ1) is 54.6. The zero-order chi connectivity index (χ0) is 81.0. The van der Waals surface area contributed by atoms with Gasteiger partial charge in [0.15, 0.2) is 6.29 Å². The van der Waals surface area contributed by atoms with Crippen LogP contribution in [0.5, 0.6) is 51.7 Å². The van der Waals surface area contributed by atoms with Crippen molar-refractivity contribution >= 4 is 0 Å². The lowest BCUT2D eigenvalue weighted by Gasteiger charge is -2.22. The summed E-state index contributed by atoms with van der Waals surface area (Å²) < 4.78 is 51.7.